The predicted octanol–water partition coefficient (Wildman–Crippen LogP) is 11.4. The van der Waals surface area contributed by atoms with Gasteiger partial charge in [0.25, 0.3) is 0 Å². The van der Waals surface area contributed by atoms with Crippen molar-refractivity contribution >= 4 is 56.6 Å². The standard InChI is InChI=1S/C50H32BN3/c1-32-43(36-25-23-33(31-52)24-26-36)30-47-49-48(32)42-19-12-18-41-40-17-8-10-21-45(40)54(50(41)42)51(49)44-20-9-11-22-46(44)53(47)39-28-37(34-13-4-2-5-14-34)27-38(29-39)35-15-6-3-7-16-35/h2-30H,1H3. The molecular formula is C50H32BN3. The molecule has 0 aliphatic carbocycles. The molecule has 2 aliphatic heterocycles. The number of nitriles is 1. The van der Waals surface area contributed by atoms with Crippen LogP contribution in [0, 0.1) is 18.3 Å². The van der Waals surface area contributed by atoms with Crippen LogP contribution >= 0.6 is 0 Å². The van der Waals surface area contributed by atoms with Crippen molar-refractivity contribution in [2.45, 2.75) is 6.92 Å². The first-order chi connectivity index (χ1) is 26.7. The topological polar surface area (TPSA) is 32.0 Å². The summed E-state index contributed by atoms with van der Waals surface area (Å²) in [6, 6.07) is 65.9. The van der Waals surface area contributed by atoms with E-state index in [1.54, 1.807) is 0 Å². The Morgan fingerprint density at radius 1 is 0.519 bits per heavy atom. The Kier molecular flexibility index (Phi) is 6.62. The van der Waals surface area contributed by atoms with Gasteiger partial charge in [0.15, 0.2) is 0 Å². The zero-order chi connectivity index (χ0) is 35.9. The summed E-state index contributed by atoms with van der Waals surface area (Å²) in [7, 11) is 0. The average Bonchev–Trinajstić information content (AvgIpc) is 3.58. The largest absolute Gasteiger partial charge is 0.375 e. The molecule has 9 aromatic rings. The average molecular weight is 686 g/mol. The molecule has 1 aromatic heterocycles. The van der Waals surface area contributed by atoms with Crippen LogP contribution in [0.3, 0.4) is 0 Å². The predicted molar refractivity (Wildman–Crippen MR) is 226 cm³/mol. The molecule has 8 aromatic carbocycles. The van der Waals surface area contributed by atoms with Crippen LogP contribution in [0.4, 0.5) is 17.1 Å². The molecule has 0 saturated carbocycles. The first-order valence-corrected chi connectivity index (χ1v) is 18.5. The highest BCUT2D eigenvalue weighted by Gasteiger charge is 2.43. The number of benzene rings is 8. The van der Waals surface area contributed by atoms with Crippen molar-refractivity contribution in [3.63, 3.8) is 0 Å². The maximum atomic E-state index is 9.67. The second kappa shape index (κ2) is 11.7. The SMILES string of the molecule is Cc1c(-c2ccc(C#N)cc2)cc2c3c1-c1cccc4c5ccccc5n(c14)B3c1ccccc1N2c1cc(-c2ccccc2)cc(-c2ccccc2)c1. The molecule has 0 fully saturated rings. The summed E-state index contributed by atoms with van der Waals surface area (Å²) in [4.78, 5) is 2.51. The van der Waals surface area contributed by atoms with E-state index in [0.29, 0.717) is 5.56 Å². The molecule has 0 amide bonds. The van der Waals surface area contributed by atoms with Crippen LogP contribution < -0.4 is 15.8 Å². The lowest BCUT2D eigenvalue weighted by Crippen LogP contribution is -2.56. The Bertz CT molecular complexity index is 2950. The number of nitrogens with zero attached hydrogens (tertiary/aromatic N) is 3. The van der Waals surface area contributed by atoms with Crippen molar-refractivity contribution in [3.8, 4) is 50.6 Å². The number of hydrogen-bond donors (Lipinski definition) is 0. The summed E-state index contributed by atoms with van der Waals surface area (Å²) in [5.41, 5.74) is 20.0. The number of aromatic nitrogens is 1. The second-order valence-electron chi connectivity index (χ2n) is 14.4. The fourth-order valence-corrected chi connectivity index (χ4v) is 9.23. The van der Waals surface area contributed by atoms with Crippen LogP contribution in [0.1, 0.15) is 11.1 Å². The Hall–Kier alpha value is -7.09. The molecule has 2 aliphatic rings. The first-order valence-electron chi connectivity index (χ1n) is 18.5. The smallest absolute Gasteiger partial charge is 0.333 e. The van der Waals surface area contributed by atoms with Gasteiger partial charge in [-0.15, -0.1) is 0 Å². The number of rotatable bonds is 4. The van der Waals surface area contributed by atoms with Gasteiger partial charge in [0, 0.05) is 44.4 Å². The van der Waals surface area contributed by atoms with Crippen molar-refractivity contribution in [2.24, 2.45) is 0 Å². The lowest BCUT2D eigenvalue weighted by Gasteiger charge is -2.41. The van der Waals surface area contributed by atoms with Crippen LogP contribution in [-0.4, -0.2) is 11.3 Å². The van der Waals surface area contributed by atoms with E-state index in [4.69, 9.17) is 0 Å². The van der Waals surface area contributed by atoms with E-state index >= 15 is 0 Å². The summed E-state index contributed by atoms with van der Waals surface area (Å²) in [6.45, 7) is 2.26. The lowest BCUT2D eigenvalue weighted by atomic mass is 9.44. The van der Waals surface area contributed by atoms with E-state index in [1.165, 1.54) is 88.6 Å². The zero-order valence-electron chi connectivity index (χ0n) is 29.7. The van der Waals surface area contributed by atoms with E-state index in [-0.39, 0.29) is 6.85 Å². The number of anilines is 3. The molecule has 0 spiro atoms. The molecule has 3 heterocycles. The molecule has 0 bridgehead atoms. The van der Waals surface area contributed by atoms with Gasteiger partial charge in [-0.1, -0.05) is 127 Å². The summed E-state index contributed by atoms with van der Waals surface area (Å²) < 4.78 is 2.61. The van der Waals surface area contributed by atoms with Gasteiger partial charge in [-0.25, -0.2) is 0 Å². The zero-order valence-corrected chi connectivity index (χ0v) is 29.7. The highest BCUT2D eigenvalue weighted by Crippen LogP contribution is 2.49. The number of fused-ring (bicyclic) bond motifs is 7. The molecule has 0 saturated heterocycles. The molecule has 250 valence electrons. The fraction of sp³-hybridized carbons (Fsp3) is 0.0200. The number of para-hydroxylation sites is 3. The fourth-order valence-electron chi connectivity index (χ4n) is 9.23. The van der Waals surface area contributed by atoms with Gasteiger partial charge < -0.3 is 9.38 Å². The Morgan fingerprint density at radius 3 is 1.89 bits per heavy atom. The third-order valence-electron chi connectivity index (χ3n) is 11.6. The molecule has 11 rings (SSSR count). The van der Waals surface area contributed by atoms with E-state index in [0.717, 1.165) is 11.3 Å². The van der Waals surface area contributed by atoms with Crippen LogP contribution in [0.5, 0.6) is 0 Å². The summed E-state index contributed by atoms with van der Waals surface area (Å²) in [5.74, 6) is 0. The number of hydrogen-bond acceptors (Lipinski definition) is 2. The first kappa shape index (κ1) is 30.5. The molecule has 0 unspecified atom stereocenters. The van der Waals surface area contributed by atoms with Gasteiger partial charge in [-0.2, -0.15) is 5.26 Å². The minimum Gasteiger partial charge on any atom is -0.375 e. The van der Waals surface area contributed by atoms with Gasteiger partial charge in [-0.05, 0) is 111 Å². The molecule has 4 heteroatoms. The molecule has 0 atom stereocenters. The van der Waals surface area contributed by atoms with E-state index in [9.17, 15) is 5.26 Å². The van der Waals surface area contributed by atoms with E-state index < -0.39 is 0 Å². The van der Waals surface area contributed by atoms with E-state index in [2.05, 4.69) is 186 Å². The summed E-state index contributed by atoms with van der Waals surface area (Å²) >= 11 is 0. The minimum atomic E-state index is -0.0284. The van der Waals surface area contributed by atoms with Gasteiger partial charge in [0.2, 0.25) is 0 Å². The maximum Gasteiger partial charge on any atom is 0.333 e. The Labute approximate surface area is 314 Å². The Morgan fingerprint density at radius 2 is 1.17 bits per heavy atom. The quantitative estimate of drug-likeness (QED) is 0.173. The van der Waals surface area contributed by atoms with Gasteiger partial charge in [-0.3, -0.25) is 0 Å². The molecular weight excluding hydrogens is 653 g/mol. The third-order valence-corrected chi connectivity index (χ3v) is 11.6. The van der Waals surface area contributed by atoms with Crippen LogP contribution in [-0.2, 0) is 0 Å². The lowest BCUT2D eigenvalue weighted by molar-refractivity contribution is 1.25. The minimum absolute atomic E-state index is 0.0284. The molecule has 0 N–H and O–H groups in total. The van der Waals surface area contributed by atoms with Crippen molar-refractivity contribution in [2.75, 3.05) is 4.90 Å². The molecule has 0 radical (unpaired) electrons. The second-order valence-corrected chi connectivity index (χ2v) is 14.4. The third kappa shape index (κ3) is 4.36. The monoisotopic (exact) mass is 685 g/mol. The van der Waals surface area contributed by atoms with Crippen LogP contribution in [0.25, 0.3) is 66.3 Å². The summed E-state index contributed by atoms with van der Waals surface area (Å²) in [6.07, 6.45) is 0. The maximum absolute atomic E-state index is 9.67. The van der Waals surface area contributed by atoms with Crippen molar-refractivity contribution in [3.05, 3.63) is 187 Å². The van der Waals surface area contributed by atoms with Crippen LogP contribution in [0.15, 0.2) is 176 Å². The highest BCUT2D eigenvalue weighted by molar-refractivity contribution is 6.90. The Balaban J connectivity index is 1.28. The van der Waals surface area contributed by atoms with Gasteiger partial charge in [0.05, 0.1) is 11.6 Å². The normalized spacial score (nSPS) is 12.4. The van der Waals surface area contributed by atoms with Crippen LogP contribution in [0.2, 0.25) is 0 Å². The van der Waals surface area contributed by atoms with Gasteiger partial charge in [0.1, 0.15) is 0 Å². The summed E-state index contributed by atoms with van der Waals surface area (Å²) in [5, 5.41) is 12.2. The molecule has 3 nitrogen and oxygen atoms in total. The highest BCUT2D eigenvalue weighted by atomic mass is 15.2. The molecule has 54 heavy (non-hydrogen) atoms. The van der Waals surface area contributed by atoms with Gasteiger partial charge >= 0.3 is 6.85 Å². The van der Waals surface area contributed by atoms with Crippen molar-refractivity contribution in [1.29, 1.82) is 5.26 Å². The van der Waals surface area contributed by atoms with E-state index in [1.807, 2.05) is 12.1 Å². The van der Waals surface area contributed by atoms with Crippen molar-refractivity contribution < 1.29 is 0 Å². The van der Waals surface area contributed by atoms with Crippen molar-refractivity contribution in [1.82, 2.24) is 4.48 Å².